The quantitative estimate of drug-likeness (QED) is 0.880. The van der Waals surface area contributed by atoms with Crippen LogP contribution >= 0.6 is 0 Å². The number of hydrogen-bond donors (Lipinski definition) is 1. The van der Waals surface area contributed by atoms with Gasteiger partial charge >= 0.3 is 0 Å². The van der Waals surface area contributed by atoms with Crippen molar-refractivity contribution in [2.75, 3.05) is 20.3 Å². The molecule has 1 aromatic heterocycles. The zero-order chi connectivity index (χ0) is 16.2. The van der Waals surface area contributed by atoms with Gasteiger partial charge in [0.05, 0.1) is 13.0 Å². The molecule has 0 saturated heterocycles. The average molecular weight is 316 g/mol. The van der Waals surface area contributed by atoms with Crippen LogP contribution in [0.2, 0.25) is 0 Å². The Morgan fingerprint density at radius 1 is 1.52 bits per heavy atom. The molecule has 1 aromatic carbocycles. The number of aromatic nitrogens is 3. The molecule has 1 aliphatic heterocycles. The van der Waals surface area contributed by atoms with Crippen molar-refractivity contribution in [3.05, 3.63) is 35.9 Å². The van der Waals surface area contributed by atoms with Gasteiger partial charge in [-0.15, -0.1) is 0 Å². The van der Waals surface area contributed by atoms with E-state index in [2.05, 4.69) is 15.4 Å². The van der Waals surface area contributed by atoms with Gasteiger partial charge in [-0.1, -0.05) is 12.1 Å². The first-order chi connectivity index (χ1) is 11.2. The van der Waals surface area contributed by atoms with E-state index in [9.17, 15) is 4.79 Å². The van der Waals surface area contributed by atoms with Gasteiger partial charge in [0.1, 0.15) is 18.8 Å². The molecule has 0 saturated carbocycles. The highest BCUT2D eigenvalue weighted by molar-refractivity contribution is 5.79. The van der Waals surface area contributed by atoms with Gasteiger partial charge < -0.3 is 14.8 Å². The van der Waals surface area contributed by atoms with Crippen molar-refractivity contribution < 1.29 is 14.3 Å². The third kappa shape index (κ3) is 3.28. The molecule has 23 heavy (non-hydrogen) atoms. The molecule has 0 aliphatic carbocycles. The monoisotopic (exact) mass is 316 g/mol. The summed E-state index contributed by atoms with van der Waals surface area (Å²) < 4.78 is 12.7. The number of ether oxygens (including phenoxy) is 2. The number of carbonyl (C=O) groups excluding carboxylic acids is 1. The van der Waals surface area contributed by atoms with E-state index in [1.165, 1.54) is 6.33 Å². The standard InChI is InChI=1S/C16H20N4O3/c1-20-14(18-10-19-20)6-7-17-16(21)12-8-11-4-3-5-13(22-2)15(11)23-9-12/h3-5,10,12H,6-9H2,1-2H3,(H,17,21)/t12-/m0/s1. The molecule has 7 nitrogen and oxygen atoms in total. The summed E-state index contributed by atoms with van der Waals surface area (Å²) in [5, 5.41) is 6.95. The number of rotatable bonds is 5. The average Bonchev–Trinajstić information content (AvgIpc) is 2.98. The Hall–Kier alpha value is -2.57. The summed E-state index contributed by atoms with van der Waals surface area (Å²) in [6.45, 7) is 0.899. The Kier molecular flexibility index (Phi) is 4.45. The van der Waals surface area contributed by atoms with Crippen LogP contribution in [0.15, 0.2) is 24.5 Å². The lowest BCUT2D eigenvalue weighted by atomic mass is 9.95. The van der Waals surface area contributed by atoms with E-state index >= 15 is 0 Å². The number of carbonyl (C=O) groups is 1. The van der Waals surface area contributed by atoms with Crippen molar-refractivity contribution in [1.82, 2.24) is 20.1 Å². The zero-order valence-corrected chi connectivity index (χ0v) is 13.3. The highest BCUT2D eigenvalue weighted by atomic mass is 16.5. The van der Waals surface area contributed by atoms with Gasteiger partial charge in [0.15, 0.2) is 11.5 Å². The predicted molar refractivity (Wildman–Crippen MR) is 83.4 cm³/mol. The Labute approximate surface area is 134 Å². The molecule has 2 heterocycles. The lowest BCUT2D eigenvalue weighted by Gasteiger charge is -2.25. The van der Waals surface area contributed by atoms with Crippen LogP contribution in [0, 0.1) is 5.92 Å². The smallest absolute Gasteiger partial charge is 0.226 e. The first-order valence-electron chi connectivity index (χ1n) is 7.58. The molecule has 1 atom stereocenters. The second-order valence-electron chi connectivity index (χ2n) is 5.50. The van der Waals surface area contributed by atoms with Crippen LogP contribution in [0.4, 0.5) is 0 Å². The minimum Gasteiger partial charge on any atom is -0.493 e. The lowest BCUT2D eigenvalue weighted by Crippen LogP contribution is -2.38. The van der Waals surface area contributed by atoms with Crippen LogP contribution in [0.5, 0.6) is 11.5 Å². The molecule has 2 aromatic rings. The van der Waals surface area contributed by atoms with Crippen LogP contribution in [0.3, 0.4) is 0 Å². The first-order valence-corrected chi connectivity index (χ1v) is 7.58. The molecule has 0 radical (unpaired) electrons. The number of fused-ring (bicyclic) bond motifs is 1. The largest absolute Gasteiger partial charge is 0.493 e. The van der Waals surface area contributed by atoms with Gasteiger partial charge in [-0.3, -0.25) is 9.48 Å². The van der Waals surface area contributed by atoms with Crippen LogP contribution in [-0.2, 0) is 24.7 Å². The first kappa shape index (κ1) is 15.3. The molecule has 122 valence electrons. The van der Waals surface area contributed by atoms with E-state index < -0.39 is 0 Å². The number of amides is 1. The summed E-state index contributed by atoms with van der Waals surface area (Å²) in [5.41, 5.74) is 1.00. The zero-order valence-electron chi connectivity index (χ0n) is 13.3. The van der Waals surface area contributed by atoms with Crippen molar-refractivity contribution >= 4 is 5.91 Å². The second-order valence-corrected chi connectivity index (χ2v) is 5.50. The molecule has 0 spiro atoms. The number of para-hydroxylation sites is 1. The summed E-state index contributed by atoms with van der Waals surface area (Å²) in [5.74, 6) is 2.12. The number of nitrogens with one attached hydrogen (secondary N) is 1. The molecule has 0 bridgehead atoms. The topological polar surface area (TPSA) is 78.3 Å². The predicted octanol–water partition coefficient (Wildman–Crippen LogP) is 0.734. The van der Waals surface area contributed by atoms with Crippen LogP contribution in [0.1, 0.15) is 11.4 Å². The van der Waals surface area contributed by atoms with E-state index in [1.807, 2.05) is 25.2 Å². The fourth-order valence-corrected chi connectivity index (χ4v) is 2.71. The third-order valence-electron chi connectivity index (χ3n) is 4.00. The Morgan fingerprint density at radius 3 is 3.13 bits per heavy atom. The summed E-state index contributed by atoms with van der Waals surface area (Å²) in [7, 11) is 3.45. The van der Waals surface area contributed by atoms with Crippen molar-refractivity contribution in [2.45, 2.75) is 12.8 Å². The van der Waals surface area contributed by atoms with Crippen LogP contribution in [0.25, 0.3) is 0 Å². The molecular formula is C16H20N4O3. The number of benzene rings is 1. The van der Waals surface area contributed by atoms with Gasteiger partial charge in [0.25, 0.3) is 0 Å². The van der Waals surface area contributed by atoms with Crippen molar-refractivity contribution in [3.8, 4) is 11.5 Å². The molecule has 1 aliphatic rings. The van der Waals surface area contributed by atoms with E-state index in [0.29, 0.717) is 31.7 Å². The Bertz CT molecular complexity index is 698. The summed E-state index contributed by atoms with van der Waals surface area (Å²) in [4.78, 5) is 16.4. The molecule has 1 amide bonds. The number of aryl methyl sites for hydroxylation is 1. The van der Waals surface area contributed by atoms with E-state index in [1.54, 1.807) is 11.8 Å². The third-order valence-corrected chi connectivity index (χ3v) is 4.00. The van der Waals surface area contributed by atoms with Crippen LogP contribution < -0.4 is 14.8 Å². The summed E-state index contributed by atoms with van der Waals surface area (Å²) >= 11 is 0. The van der Waals surface area contributed by atoms with Crippen molar-refractivity contribution in [3.63, 3.8) is 0 Å². The van der Waals surface area contributed by atoms with Crippen molar-refractivity contribution in [2.24, 2.45) is 13.0 Å². The minimum atomic E-state index is -0.186. The maximum Gasteiger partial charge on any atom is 0.226 e. The molecule has 7 heteroatoms. The number of methoxy groups -OCH3 is 1. The second kappa shape index (κ2) is 6.68. The van der Waals surface area contributed by atoms with E-state index in [-0.39, 0.29) is 11.8 Å². The van der Waals surface area contributed by atoms with Gasteiger partial charge in [0.2, 0.25) is 5.91 Å². The number of nitrogens with zero attached hydrogens (tertiary/aromatic N) is 3. The highest BCUT2D eigenvalue weighted by Gasteiger charge is 2.27. The fourth-order valence-electron chi connectivity index (χ4n) is 2.71. The molecular weight excluding hydrogens is 296 g/mol. The summed E-state index contributed by atoms with van der Waals surface area (Å²) in [6.07, 6.45) is 2.82. The van der Waals surface area contributed by atoms with Gasteiger partial charge in [-0.2, -0.15) is 5.10 Å². The van der Waals surface area contributed by atoms with Gasteiger partial charge in [0, 0.05) is 20.0 Å². The SMILES string of the molecule is COc1cccc2c1OC[C@@H](C(=O)NCCc1ncnn1C)C2. The molecule has 0 unspecified atom stereocenters. The van der Waals surface area contributed by atoms with Crippen molar-refractivity contribution in [1.29, 1.82) is 0 Å². The molecule has 0 fully saturated rings. The lowest BCUT2D eigenvalue weighted by molar-refractivity contribution is -0.126. The highest BCUT2D eigenvalue weighted by Crippen LogP contribution is 2.35. The van der Waals surface area contributed by atoms with Crippen LogP contribution in [-0.4, -0.2) is 40.9 Å². The normalized spacial score (nSPS) is 16.3. The maximum atomic E-state index is 12.3. The van der Waals surface area contributed by atoms with Gasteiger partial charge in [-0.25, -0.2) is 4.98 Å². The fraction of sp³-hybridized carbons (Fsp3) is 0.438. The Morgan fingerprint density at radius 2 is 2.39 bits per heavy atom. The number of hydrogen-bond acceptors (Lipinski definition) is 5. The van der Waals surface area contributed by atoms with E-state index in [4.69, 9.17) is 9.47 Å². The maximum absolute atomic E-state index is 12.3. The molecule has 1 N–H and O–H groups in total. The van der Waals surface area contributed by atoms with E-state index in [0.717, 1.165) is 17.1 Å². The van der Waals surface area contributed by atoms with Gasteiger partial charge in [-0.05, 0) is 18.1 Å². The minimum absolute atomic E-state index is 0.000591. The molecule has 3 rings (SSSR count). The summed E-state index contributed by atoms with van der Waals surface area (Å²) in [6, 6.07) is 5.74. The Balaban J connectivity index is 1.56.